The number of nitrogens with one attached hydrogen (secondary N) is 1. The minimum Gasteiger partial charge on any atom is -0.494 e. The number of hydrogen-bond acceptors (Lipinski definition) is 3. The van der Waals surface area contributed by atoms with Gasteiger partial charge in [0, 0.05) is 6.54 Å². The Labute approximate surface area is 118 Å². The van der Waals surface area contributed by atoms with Crippen molar-refractivity contribution in [1.82, 2.24) is 10.2 Å². The maximum Gasteiger partial charge on any atom is 0.119 e. The van der Waals surface area contributed by atoms with Crippen LogP contribution < -0.4 is 10.1 Å². The van der Waals surface area contributed by atoms with Crippen LogP contribution in [0.15, 0.2) is 24.3 Å². The van der Waals surface area contributed by atoms with Gasteiger partial charge >= 0.3 is 0 Å². The Morgan fingerprint density at radius 3 is 2.63 bits per heavy atom. The van der Waals surface area contributed by atoms with Gasteiger partial charge < -0.3 is 15.0 Å². The van der Waals surface area contributed by atoms with Crippen molar-refractivity contribution in [1.29, 1.82) is 0 Å². The molecule has 1 aromatic rings. The summed E-state index contributed by atoms with van der Waals surface area (Å²) in [5.74, 6) is 0.963. The van der Waals surface area contributed by atoms with Gasteiger partial charge in [-0.25, -0.2) is 0 Å². The van der Waals surface area contributed by atoms with Gasteiger partial charge in [0.1, 0.15) is 5.75 Å². The molecule has 0 unspecified atom stereocenters. The average molecular weight is 264 g/mol. The zero-order valence-electron chi connectivity index (χ0n) is 12.6. The van der Waals surface area contributed by atoms with Gasteiger partial charge in [-0.05, 0) is 57.2 Å². The predicted octanol–water partition coefficient (Wildman–Crippen LogP) is 2.91. The summed E-state index contributed by atoms with van der Waals surface area (Å²) in [6.07, 6.45) is 1.20. The Morgan fingerprint density at radius 1 is 1.16 bits per heavy atom. The SMILES string of the molecule is CCOc1cccc(CNCCCN(CC)CC)c1. The Kier molecular flexibility index (Phi) is 8.26. The maximum absolute atomic E-state index is 5.50. The van der Waals surface area contributed by atoms with Crippen LogP contribution in [0.2, 0.25) is 0 Å². The minimum absolute atomic E-state index is 0.723. The second kappa shape index (κ2) is 9.82. The first-order chi connectivity index (χ1) is 9.30. The third kappa shape index (κ3) is 6.60. The molecule has 3 heteroatoms. The summed E-state index contributed by atoms with van der Waals surface area (Å²) in [7, 11) is 0. The summed E-state index contributed by atoms with van der Waals surface area (Å²) in [4.78, 5) is 2.46. The van der Waals surface area contributed by atoms with Gasteiger partial charge in [-0.1, -0.05) is 26.0 Å². The van der Waals surface area contributed by atoms with E-state index in [4.69, 9.17) is 4.74 Å². The van der Waals surface area contributed by atoms with Crippen molar-refractivity contribution in [2.75, 3.05) is 32.8 Å². The molecule has 0 amide bonds. The van der Waals surface area contributed by atoms with Gasteiger partial charge in [-0.15, -0.1) is 0 Å². The molecule has 0 saturated heterocycles. The van der Waals surface area contributed by atoms with E-state index in [-0.39, 0.29) is 0 Å². The Balaban J connectivity index is 2.20. The molecule has 0 radical (unpaired) electrons. The molecular weight excluding hydrogens is 236 g/mol. The first-order valence-corrected chi connectivity index (χ1v) is 7.44. The summed E-state index contributed by atoms with van der Waals surface area (Å²) in [6, 6.07) is 8.31. The molecule has 0 aliphatic rings. The van der Waals surface area contributed by atoms with Crippen LogP contribution in [0.25, 0.3) is 0 Å². The van der Waals surface area contributed by atoms with Crippen molar-refractivity contribution in [3.8, 4) is 5.75 Å². The molecule has 1 N–H and O–H groups in total. The molecule has 0 saturated carbocycles. The molecule has 0 spiro atoms. The second-order valence-electron chi connectivity index (χ2n) is 4.64. The van der Waals surface area contributed by atoms with Gasteiger partial charge in [-0.2, -0.15) is 0 Å². The maximum atomic E-state index is 5.50. The third-order valence-electron chi connectivity index (χ3n) is 3.26. The van der Waals surface area contributed by atoms with Crippen molar-refractivity contribution in [3.05, 3.63) is 29.8 Å². The second-order valence-corrected chi connectivity index (χ2v) is 4.64. The van der Waals surface area contributed by atoms with Gasteiger partial charge in [0.25, 0.3) is 0 Å². The minimum atomic E-state index is 0.723. The lowest BCUT2D eigenvalue weighted by molar-refractivity contribution is 0.298. The molecule has 1 aromatic carbocycles. The van der Waals surface area contributed by atoms with Crippen LogP contribution >= 0.6 is 0 Å². The number of ether oxygens (including phenoxy) is 1. The molecule has 0 aromatic heterocycles. The highest BCUT2D eigenvalue weighted by atomic mass is 16.5. The van der Waals surface area contributed by atoms with Gasteiger partial charge in [0.2, 0.25) is 0 Å². The smallest absolute Gasteiger partial charge is 0.119 e. The van der Waals surface area contributed by atoms with E-state index in [1.807, 2.05) is 13.0 Å². The van der Waals surface area contributed by atoms with Crippen molar-refractivity contribution in [3.63, 3.8) is 0 Å². The van der Waals surface area contributed by atoms with E-state index in [0.717, 1.165) is 38.5 Å². The monoisotopic (exact) mass is 264 g/mol. The van der Waals surface area contributed by atoms with Gasteiger partial charge in [0.05, 0.1) is 6.61 Å². The lowest BCUT2D eigenvalue weighted by Crippen LogP contribution is -2.27. The van der Waals surface area contributed by atoms with Crippen LogP contribution in [0.5, 0.6) is 5.75 Å². The molecule has 3 nitrogen and oxygen atoms in total. The first-order valence-electron chi connectivity index (χ1n) is 7.44. The molecule has 108 valence electrons. The standard InChI is InChI=1S/C16H28N2O/c1-4-18(5-2)12-8-11-17-14-15-9-7-10-16(13-15)19-6-3/h7,9-10,13,17H,4-6,8,11-12,14H2,1-3H3. The van der Waals surface area contributed by atoms with Crippen LogP contribution in [0.1, 0.15) is 32.8 Å². The highest BCUT2D eigenvalue weighted by molar-refractivity contribution is 5.28. The van der Waals surface area contributed by atoms with E-state index in [0.29, 0.717) is 0 Å². The predicted molar refractivity (Wildman–Crippen MR) is 81.7 cm³/mol. The largest absolute Gasteiger partial charge is 0.494 e. The number of rotatable bonds is 10. The van der Waals surface area contributed by atoms with Gasteiger partial charge in [-0.3, -0.25) is 0 Å². The molecule has 19 heavy (non-hydrogen) atoms. The fraction of sp³-hybridized carbons (Fsp3) is 0.625. The normalized spacial score (nSPS) is 10.9. The van der Waals surface area contributed by atoms with Crippen molar-refractivity contribution >= 4 is 0 Å². The molecule has 0 fully saturated rings. The van der Waals surface area contributed by atoms with Crippen LogP contribution in [-0.2, 0) is 6.54 Å². The summed E-state index contributed by atoms with van der Waals surface area (Å²) in [5.41, 5.74) is 1.29. The summed E-state index contributed by atoms with van der Waals surface area (Å²) in [6.45, 7) is 12.6. The lowest BCUT2D eigenvalue weighted by atomic mass is 10.2. The highest BCUT2D eigenvalue weighted by Gasteiger charge is 1.99. The van der Waals surface area contributed by atoms with Crippen LogP contribution in [0.4, 0.5) is 0 Å². The number of nitrogens with zero attached hydrogens (tertiary/aromatic N) is 1. The zero-order chi connectivity index (χ0) is 13.9. The fourth-order valence-electron chi connectivity index (χ4n) is 2.11. The molecule has 0 atom stereocenters. The third-order valence-corrected chi connectivity index (χ3v) is 3.26. The van der Waals surface area contributed by atoms with E-state index in [9.17, 15) is 0 Å². The average Bonchev–Trinajstić information content (AvgIpc) is 2.44. The van der Waals surface area contributed by atoms with Crippen LogP contribution in [0.3, 0.4) is 0 Å². The topological polar surface area (TPSA) is 24.5 Å². The molecule has 1 rings (SSSR count). The lowest BCUT2D eigenvalue weighted by Gasteiger charge is -2.17. The van der Waals surface area contributed by atoms with Gasteiger partial charge in [0.15, 0.2) is 0 Å². The highest BCUT2D eigenvalue weighted by Crippen LogP contribution is 2.12. The summed E-state index contributed by atoms with van der Waals surface area (Å²) < 4.78 is 5.50. The first kappa shape index (κ1) is 16.0. The number of hydrogen-bond donors (Lipinski definition) is 1. The van der Waals surface area contributed by atoms with E-state index in [1.165, 1.54) is 18.5 Å². The molecule has 0 aliphatic carbocycles. The number of benzene rings is 1. The molecular formula is C16H28N2O. The quantitative estimate of drug-likeness (QED) is 0.658. The van der Waals surface area contributed by atoms with Crippen molar-refractivity contribution in [2.45, 2.75) is 33.7 Å². The van der Waals surface area contributed by atoms with E-state index in [1.54, 1.807) is 0 Å². The molecule has 0 bridgehead atoms. The molecule has 0 heterocycles. The summed E-state index contributed by atoms with van der Waals surface area (Å²) >= 11 is 0. The zero-order valence-corrected chi connectivity index (χ0v) is 12.6. The Hall–Kier alpha value is -1.06. The van der Waals surface area contributed by atoms with Crippen LogP contribution in [0, 0.1) is 0 Å². The fourth-order valence-corrected chi connectivity index (χ4v) is 2.11. The van der Waals surface area contributed by atoms with Crippen LogP contribution in [-0.4, -0.2) is 37.7 Å². The van der Waals surface area contributed by atoms with E-state index >= 15 is 0 Å². The van der Waals surface area contributed by atoms with Crippen molar-refractivity contribution in [2.24, 2.45) is 0 Å². The van der Waals surface area contributed by atoms with E-state index in [2.05, 4.69) is 42.3 Å². The Bertz CT molecular complexity index is 337. The van der Waals surface area contributed by atoms with E-state index < -0.39 is 0 Å². The summed E-state index contributed by atoms with van der Waals surface area (Å²) in [5, 5.41) is 3.49. The van der Waals surface area contributed by atoms with Crippen molar-refractivity contribution < 1.29 is 4.74 Å². The molecule has 0 aliphatic heterocycles. The Morgan fingerprint density at radius 2 is 1.95 bits per heavy atom.